The average molecular weight is 564 g/mol. The van der Waals surface area contributed by atoms with E-state index in [9.17, 15) is 22.8 Å². The fourth-order valence-electron chi connectivity index (χ4n) is 3.98. The van der Waals surface area contributed by atoms with E-state index >= 15 is 0 Å². The molecule has 1 heterocycles. The van der Waals surface area contributed by atoms with Gasteiger partial charge in [0.1, 0.15) is 0 Å². The highest BCUT2D eigenvalue weighted by Gasteiger charge is 2.19. The Bertz CT molecular complexity index is 1670. The van der Waals surface area contributed by atoms with E-state index in [-0.39, 0.29) is 47.6 Å². The molecule has 11 nitrogen and oxygen atoms in total. The summed E-state index contributed by atoms with van der Waals surface area (Å²) < 4.78 is 34.7. The second-order valence-electron chi connectivity index (χ2n) is 8.85. The van der Waals surface area contributed by atoms with Gasteiger partial charge in [-0.05, 0) is 55.5 Å². The molecule has 0 radical (unpaired) electrons. The highest BCUT2D eigenvalue weighted by molar-refractivity contribution is 7.92. The molecule has 0 unspecified atom stereocenters. The topological polar surface area (TPSA) is 140 Å². The number of imidazole rings is 1. The summed E-state index contributed by atoms with van der Waals surface area (Å²) in [6, 6.07) is 19.2. The number of aryl methyl sites for hydroxylation is 1. The van der Waals surface area contributed by atoms with Crippen LogP contribution in [0.2, 0.25) is 0 Å². The number of carbonyl (C=O) groups is 3. The molecule has 0 aliphatic carbocycles. The third-order valence-electron chi connectivity index (χ3n) is 6.09. The van der Waals surface area contributed by atoms with Gasteiger partial charge in [0.05, 0.1) is 29.0 Å². The molecular formula is C28H29N5O6S. The fourth-order valence-corrected chi connectivity index (χ4v) is 5.05. The Morgan fingerprint density at radius 2 is 1.75 bits per heavy atom. The lowest BCUT2D eigenvalue weighted by atomic mass is 10.2. The number of fused-ring (bicyclic) bond motifs is 1. The number of hydrogen-bond acceptors (Lipinski definition) is 7. The highest BCUT2D eigenvalue weighted by Crippen LogP contribution is 2.26. The van der Waals surface area contributed by atoms with Gasteiger partial charge in [-0.1, -0.05) is 24.3 Å². The van der Waals surface area contributed by atoms with E-state index < -0.39 is 21.9 Å². The molecular weight excluding hydrogens is 534 g/mol. The Kier molecular flexibility index (Phi) is 8.49. The van der Waals surface area contributed by atoms with Crippen LogP contribution in [0.3, 0.4) is 0 Å². The summed E-state index contributed by atoms with van der Waals surface area (Å²) >= 11 is 0. The maximum atomic E-state index is 13.2. The highest BCUT2D eigenvalue weighted by atomic mass is 32.2. The Labute approximate surface area is 231 Å². The number of carbonyl (C=O) groups excluding carboxylic acids is 3. The van der Waals surface area contributed by atoms with Crippen molar-refractivity contribution in [2.75, 3.05) is 28.6 Å². The zero-order valence-corrected chi connectivity index (χ0v) is 23.1. The molecule has 208 valence electrons. The molecule has 1 aromatic heterocycles. The molecule has 3 aromatic carbocycles. The summed E-state index contributed by atoms with van der Waals surface area (Å²) in [6.45, 7) is 3.60. The van der Waals surface area contributed by atoms with Gasteiger partial charge in [0.2, 0.25) is 11.9 Å². The standard InChI is InChI=1S/C28H29N5O6S/c1-4-39-26(35)15-16-33-25-14-13-22(32(3)19(2)34)18-24(25)29-28(33)30-27(36)20-9-8-10-21(17-20)31-40(37,38)23-11-6-5-7-12-23/h5-14,17-18,31H,4,15-16H2,1-3H3,(H,29,30,36). The van der Waals surface area contributed by atoms with Gasteiger partial charge in [-0.3, -0.25) is 24.4 Å². The minimum atomic E-state index is -3.85. The van der Waals surface area contributed by atoms with Crippen LogP contribution in [-0.2, 0) is 30.9 Å². The summed E-state index contributed by atoms with van der Waals surface area (Å²) in [6.07, 6.45) is 0.0496. The molecule has 0 aliphatic heterocycles. The SMILES string of the molecule is CCOC(=O)CCn1c(NC(=O)c2cccc(NS(=O)(=O)c3ccccc3)c2)nc2cc(N(C)C(C)=O)ccc21. The lowest BCUT2D eigenvalue weighted by Crippen LogP contribution is -2.22. The second kappa shape index (κ2) is 12.0. The molecule has 0 saturated carbocycles. The van der Waals surface area contributed by atoms with Gasteiger partial charge in [-0.25, -0.2) is 13.4 Å². The van der Waals surface area contributed by atoms with Gasteiger partial charge in [0, 0.05) is 37.5 Å². The summed E-state index contributed by atoms with van der Waals surface area (Å²) in [5, 5.41) is 2.77. The van der Waals surface area contributed by atoms with Crippen LogP contribution in [0.4, 0.5) is 17.3 Å². The van der Waals surface area contributed by atoms with Gasteiger partial charge >= 0.3 is 5.97 Å². The van der Waals surface area contributed by atoms with E-state index in [0.29, 0.717) is 16.7 Å². The Morgan fingerprint density at radius 3 is 2.45 bits per heavy atom. The number of aromatic nitrogens is 2. The Hall–Kier alpha value is -4.71. The smallest absolute Gasteiger partial charge is 0.307 e. The molecule has 2 N–H and O–H groups in total. The number of amides is 2. The Balaban J connectivity index is 1.62. The number of ether oxygens (including phenoxy) is 1. The van der Waals surface area contributed by atoms with Crippen molar-refractivity contribution >= 4 is 56.2 Å². The molecule has 0 bridgehead atoms. The van der Waals surface area contributed by atoms with Crippen molar-refractivity contribution in [2.45, 2.75) is 31.7 Å². The summed E-state index contributed by atoms with van der Waals surface area (Å²) in [4.78, 5) is 43.3. The summed E-state index contributed by atoms with van der Waals surface area (Å²) in [5.41, 5.74) is 2.17. The van der Waals surface area contributed by atoms with Gasteiger partial charge < -0.3 is 14.2 Å². The monoisotopic (exact) mass is 563 g/mol. The predicted octanol–water partition coefficient (Wildman–Crippen LogP) is 4.03. The van der Waals surface area contributed by atoms with Crippen molar-refractivity contribution in [3.8, 4) is 0 Å². The van der Waals surface area contributed by atoms with Crippen LogP contribution in [0.1, 0.15) is 30.6 Å². The molecule has 0 fully saturated rings. The van der Waals surface area contributed by atoms with Crippen molar-refractivity contribution in [1.29, 1.82) is 0 Å². The number of benzene rings is 3. The maximum absolute atomic E-state index is 13.2. The summed E-state index contributed by atoms with van der Waals surface area (Å²) in [7, 11) is -2.20. The van der Waals surface area contributed by atoms with E-state index in [1.807, 2.05) is 0 Å². The number of sulfonamides is 1. The van der Waals surface area contributed by atoms with E-state index in [0.717, 1.165) is 0 Å². The number of nitrogens with zero attached hydrogens (tertiary/aromatic N) is 3. The van der Waals surface area contributed by atoms with E-state index in [2.05, 4.69) is 15.0 Å². The number of hydrogen-bond donors (Lipinski definition) is 2. The van der Waals surface area contributed by atoms with Crippen molar-refractivity contribution in [3.05, 3.63) is 78.4 Å². The maximum Gasteiger partial charge on any atom is 0.307 e. The van der Waals surface area contributed by atoms with Crippen molar-refractivity contribution in [3.63, 3.8) is 0 Å². The van der Waals surface area contributed by atoms with Crippen molar-refractivity contribution in [1.82, 2.24) is 9.55 Å². The van der Waals surface area contributed by atoms with Crippen LogP contribution >= 0.6 is 0 Å². The van der Waals surface area contributed by atoms with E-state index in [1.54, 1.807) is 73.1 Å². The molecule has 12 heteroatoms. The predicted molar refractivity (Wildman–Crippen MR) is 152 cm³/mol. The largest absolute Gasteiger partial charge is 0.466 e. The first-order chi connectivity index (χ1) is 19.1. The average Bonchev–Trinajstić information content (AvgIpc) is 3.27. The molecule has 4 rings (SSSR count). The first-order valence-corrected chi connectivity index (χ1v) is 14.0. The van der Waals surface area contributed by atoms with Gasteiger partial charge in [-0.15, -0.1) is 0 Å². The number of anilines is 3. The lowest BCUT2D eigenvalue weighted by Gasteiger charge is -2.15. The third-order valence-corrected chi connectivity index (χ3v) is 7.49. The minimum Gasteiger partial charge on any atom is -0.466 e. The first-order valence-electron chi connectivity index (χ1n) is 12.5. The first kappa shape index (κ1) is 28.3. The number of nitrogens with one attached hydrogen (secondary N) is 2. The van der Waals surface area contributed by atoms with Crippen LogP contribution < -0.4 is 14.9 Å². The molecule has 4 aromatic rings. The van der Waals surface area contributed by atoms with Crippen LogP contribution in [0.25, 0.3) is 11.0 Å². The van der Waals surface area contributed by atoms with Gasteiger partial charge in [0.25, 0.3) is 15.9 Å². The van der Waals surface area contributed by atoms with E-state index in [4.69, 9.17) is 4.74 Å². The Morgan fingerprint density at radius 1 is 1.00 bits per heavy atom. The minimum absolute atomic E-state index is 0.0496. The summed E-state index contributed by atoms with van der Waals surface area (Å²) in [5.74, 6) is -0.901. The molecule has 40 heavy (non-hydrogen) atoms. The zero-order chi connectivity index (χ0) is 28.9. The molecule has 0 aliphatic rings. The number of rotatable bonds is 10. The normalized spacial score (nSPS) is 11.2. The van der Waals surface area contributed by atoms with Crippen molar-refractivity contribution < 1.29 is 27.5 Å². The van der Waals surface area contributed by atoms with Crippen LogP contribution in [0, 0.1) is 0 Å². The second-order valence-corrected chi connectivity index (χ2v) is 10.5. The third kappa shape index (κ3) is 6.46. The van der Waals surface area contributed by atoms with Crippen molar-refractivity contribution in [2.24, 2.45) is 0 Å². The molecule has 0 saturated heterocycles. The quantitative estimate of drug-likeness (QED) is 0.278. The molecule has 2 amide bonds. The molecule has 0 spiro atoms. The zero-order valence-electron chi connectivity index (χ0n) is 22.2. The fraction of sp³-hybridized carbons (Fsp3) is 0.214. The van der Waals surface area contributed by atoms with E-state index in [1.165, 1.54) is 30.0 Å². The lowest BCUT2D eigenvalue weighted by molar-refractivity contribution is -0.143. The van der Waals surface area contributed by atoms with Crippen LogP contribution in [0.15, 0.2) is 77.7 Å². The van der Waals surface area contributed by atoms with Gasteiger partial charge in [-0.2, -0.15) is 0 Å². The van der Waals surface area contributed by atoms with Crippen LogP contribution in [-0.4, -0.2) is 49.4 Å². The molecule has 0 atom stereocenters. The number of esters is 1. The van der Waals surface area contributed by atoms with Crippen LogP contribution in [0.5, 0.6) is 0 Å². The van der Waals surface area contributed by atoms with Gasteiger partial charge in [0.15, 0.2) is 0 Å².